The number of hydrazone groups is 1. The predicted octanol–water partition coefficient (Wildman–Crippen LogP) is 1.23. The molecule has 0 heterocycles. The van der Waals surface area contributed by atoms with Gasteiger partial charge in [-0.3, -0.25) is 4.79 Å². The van der Waals surface area contributed by atoms with Crippen molar-refractivity contribution in [1.29, 1.82) is 0 Å². The van der Waals surface area contributed by atoms with E-state index < -0.39 is 0 Å². The normalized spacial score (nSPS) is 10.6. The number of carbonyl (C=O) groups is 1. The quantitative estimate of drug-likeness (QED) is 0.372. The van der Waals surface area contributed by atoms with Crippen molar-refractivity contribution in [3.05, 3.63) is 35.9 Å². The van der Waals surface area contributed by atoms with Crippen molar-refractivity contribution in [2.45, 2.75) is 19.9 Å². The van der Waals surface area contributed by atoms with Crippen molar-refractivity contribution < 1.29 is 10.5 Å². The van der Waals surface area contributed by atoms with Gasteiger partial charge in [0.1, 0.15) is 0 Å². The average Bonchev–Trinajstić information content (AvgIpc) is 2.35. The van der Waals surface area contributed by atoms with Crippen LogP contribution in [0.15, 0.2) is 35.4 Å². The Hall–Kier alpha value is -1.11. The van der Waals surface area contributed by atoms with E-state index in [4.69, 9.17) is 12.6 Å². The van der Waals surface area contributed by atoms with Crippen LogP contribution in [0.1, 0.15) is 24.2 Å². The Bertz CT molecular complexity index is 377. The van der Waals surface area contributed by atoms with Crippen LogP contribution in [0.5, 0.6) is 0 Å². The van der Waals surface area contributed by atoms with E-state index in [-0.39, 0.29) is 5.91 Å². The summed E-state index contributed by atoms with van der Waals surface area (Å²) < 4.78 is 0.411. The largest absolute Gasteiger partial charge is 0.752 e. The van der Waals surface area contributed by atoms with Crippen molar-refractivity contribution in [3.8, 4) is 0 Å². The molecule has 0 radical (unpaired) electrons. The van der Waals surface area contributed by atoms with Crippen LogP contribution in [0.25, 0.3) is 0 Å². The first-order valence-electron chi connectivity index (χ1n) is 5.44. The van der Waals surface area contributed by atoms with Crippen LogP contribution in [-0.2, 0) is 12.6 Å². The molecule has 0 atom stereocenters. The zero-order valence-electron chi connectivity index (χ0n) is 10.8. The fourth-order valence-corrected chi connectivity index (χ4v) is 0.979. The molecule has 0 saturated heterocycles. The Morgan fingerprint density at radius 2 is 1.89 bits per heavy atom. The van der Waals surface area contributed by atoms with Crippen molar-refractivity contribution in [2.24, 2.45) is 5.10 Å². The highest BCUT2D eigenvalue weighted by Gasteiger charge is 2.00. The Balaban J connectivity index is 0.000000631. The van der Waals surface area contributed by atoms with Crippen molar-refractivity contribution >= 4 is 34.7 Å². The third-order valence-corrected chi connectivity index (χ3v) is 2.49. The highest BCUT2D eigenvalue weighted by Crippen LogP contribution is 1.98. The van der Waals surface area contributed by atoms with Crippen LogP contribution >= 0.6 is 11.8 Å². The predicted molar refractivity (Wildman–Crippen MR) is 80.2 cm³/mol. The first kappa shape index (κ1) is 16.9. The number of hydrogen-bond acceptors (Lipinski definition) is 4. The number of hydrogen-bond donors (Lipinski definition) is 2. The number of benzene rings is 1. The second kappa shape index (κ2) is 9.87. The van der Waals surface area contributed by atoms with Gasteiger partial charge in [-0.15, -0.1) is 11.8 Å². The molecule has 0 aliphatic heterocycles. The second-order valence-corrected chi connectivity index (χ2v) is 5.22. The smallest absolute Gasteiger partial charge is 0.271 e. The van der Waals surface area contributed by atoms with Gasteiger partial charge >= 0.3 is 0 Å². The Morgan fingerprint density at radius 3 is 2.33 bits per heavy atom. The average molecular weight is 285 g/mol. The summed E-state index contributed by atoms with van der Waals surface area (Å²) in [6.07, 6.45) is 1.81. The third-order valence-electron chi connectivity index (χ3n) is 1.46. The number of nitrogens with zero attached hydrogens (tertiary/aromatic N) is 1. The maximum atomic E-state index is 11.4. The molecule has 0 aliphatic carbocycles. The van der Waals surface area contributed by atoms with Crippen LogP contribution in [0.3, 0.4) is 0 Å². The monoisotopic (exact) mass is 285 g/mol. The van der Waals surface area contributed by atoms with E-state index in [0.29, 0.717) is 16.0 Å². The molecule has 1 aromatic carbocycles. The van der Waals surface area contributed by atoms with Crippen molar-refractivity contribution in [2.75, 3.05) is 6.26 Å². The number of carbonyl (C=O) groups excluding carboxylic acids is 1. The number of thioether (sulfide) groups is 1. The fraction of sp³-hybridized carbons (Fsp3) is 0.333. The summed E-state index contributed by atoms with van der Waals surface area (Å²) in [6.45, 7) is 4.11. The van der Waals surface area contributed by atoms with Crippen LogP contribution < -0.4 is 11.2 Å². The van der Waals surface area contributed by atoms with Crippen LogP contribution in [0.2, 0.25) is 0 Å². The van der Waals surface area contributed by atoms with Gasteiger partial charge in [-0.2, -0.15) is 5.10 Å². The first-order chi connectivity index (χ1) is 8.47. The summed E-state index contributed by atoms with van der Waals surface area (Å²) in [7, 11) is 0. The second-order valence-electron chi connectivity index (χ2n) is 3.78. The molecular weight excluding hydrogens is 266 g/mol. The standard InChI is InChI=1S/C9H10N2OS2.C3H9N/c1-14-9(13)11-10-8(12)7-5-3-2-4-6-7;1-3(2)4/h2-6H,1H3,(H,10,12)(H,11,13);3H,4H2,1-2H3. The zero-order valence-corrected chi connectivity index (χ0v) is 12.5. The molecule has 0 bridgehead atoms. The lowest BCUT2D eigenvalue weighted by molar-refractivity contribution is -0.407. The van der Waals surface area contributed by atoms with E-state index in [1.165, 1.54) is 11.8 Å². The molecule has 1 aromatic rings. The van der Waals surface area contributed by atoms with Gasteiger partial charge in [0.05, 0.1) is 6.04 Å². The number of rotatable bonds is 2. The maximum absolute atomic E-state index is 11.4. The van der Waals surface area contributed by atoms with E-state index in [2.05, 4.69) is 30.1 Å². The van der Waals surface area contributed by atoms with Gasteiger partial charge in [0.15, 0.2) is 0 Å². The van der Waals surface area contributed by atoms with E-state index in [0.717, 1.165) is 0 Å². The summed E-state index contributed by atoms with van der Waals surface area (Å²) in [6, 6.07) is 9.45. The molecule has 1 rings (SSSR count). The summed E-state index contributed by atoms with van der Waals surface area (Å²) in [5.41, 5.74) is 6.58. The van der Waals surface area contributed by atoms with E-state index in [1.807, 2.05) is 6.07 Å². The van der Waals surface area contributed by atoms with Gasteiger partial charge in [-0.05, 0) is 36.6 Å². The van der Waals surface area contributed by atoms with Gasteiger partial charge < -0.3 is 18.4 Å². The SMILES string of the molecule is CC(C)[NH3+].CS/C([S-])=N/NC(=O)c1ccccc1. The number of quaternary nitrogens is 1. The molecule has 4 nitrogen and oxygen atoms in total. The molecule has 1 amide bonds. The van der Waals surface area contributed by atoms with Gasteiger partial charge in [0, 0.05) is 5.56 Å². The lowest BCUT2D eigenvalue weighted by atomic mass is 10.2. The minimum atomic E-state index is -0.248. The Labute approximate surface area is 118 Å². The van der Waals surface area contributed by atoms with Gasteiger partial charge in [0.2, 0.25) is 0 Å². The number of amides is 1. The Morgan fingerprint density at radius 1 is 1.39 bits per heavy atom. The van der Waals surface area contributed by atoms with Crippen LogP contribution in [0, 0.1) is 0 Å². The minimum Gasteiger partial charge on any atom is -0.752 e. The summed E-state index contributed by atoms with van der Waals surface area (Å²) in [5, 5.41) is 3.71. The molecular formula is C12H19N3OS2. The fourth-order valence-electron chi connectivity index (χ4n) is 0.796. The molecule has 0 unspecified atom stereocenters. The molecule has 4 N–H and O–H groups in total. The number of nitrogens with one attached hydrogen (secondary N) is 1. The van der Waals surface area contributed by atoms with Gasteiger partial charge in [-0.1, -0.05) is 18.2 Å². The van der Waals surface area contributed by atoms with Gasteiger partial charge in [-0.25, -0.2) is 5.43 Å². The zero-order chi connectivity index (χ0) is 14.0. The van der Waals surface area contributed by atoms with Gasteiger partial charge in [0.25, 0.3) is 5.91 Å². The van der Waals surface area contributed by atoms with Crippen molar-refractivity contribution in [3.63, 3.8) is 0 Å². The van der Waals surface area contributed by atoms with E-state index >= 15 is 0 Å². The van der Waals surface area contributed by atoms with Crippen molar-refractivity contribution in [1.82, 2.24) is 5.43 Å². The lowest BCUT2D eigenvalue weighted by Gasteiger charge is -2.06. The highest BCUT2D eigenvalue weighted by molar-refractivity contribution is 8.26. The van der Waals surface area contributed by atoms with E-state index in [9.17, 15) is 4.79 Å². The minimum absolute atomic E-state index is 0.248. The molecule has 6 heteroatoms. The maximum Gasteiger partial charge on any atom is 0.271 e. The molecule has 0 aliphatic rings. The van der Waals surface area contributed by atoms with Crippen LogP contribution in [-0.4, -0.2) is 22.6 Å². The summed E-state index contributed by atoms with van der Waals surface area (Å²) in [4.78, 5) is 11.4. The molecule has 0 fully saturated rings. The summed E-state index contributed by atoms with van der Waals surface area (Å²) in [5.74, 6) is -0.248. The lowest BCUT2D eigenvalue weighted by Crippen LogP contribution is -2.57. The first-order valence-corrected chi connectivity index (χ1v) is 7.07. The third kappa shape index (κ3) is 8.98. The highest BCUT2D eigenvalue weighted by atomic mass is 32.2. The molecule has 100 valence electrons. The molecule has 0 saturated carbocycles. The molecule has 0 aromatic heterocycles. The topological polar surface area (TPSA) is 69.1 Å². The van der Waals surface area contributed by atoms with Crippen LogP contribution in [0.4, 0.5) is 0 Å². The van der Waals surface area contributed by atoms with E-state index in [1.54, 1.807) is 30.5 Å². The molecule has 18 heavy (non-hydrogen) atoms. The summed E-state index contributed by atoms with van der Waals surface area (Å²) >= 11 is 6.12. The Kier molecular flexibility index (Phi) is 9.26. The molecule has 0 spiro atoms.